The van der Waals surface area contributed by atoms with E-state index in [0.717, 1.165) is 0 Å². The first-order valence-corrected chi connectivity index (χ1v) is 8.29. The topological polar surface area (TPSA) is 71.1 Å². The molecule has 5 nitrogen and oxygen atoms in total. The summed E-state index contributed by atoms with van der Waals surface area (Å²) in [6.45, 7) is 4.35. The molecule has 2 rings (SSSR count). The monoisotopic (exact) mass is 305 g/mol. The van der Waals surface area contributed by atoms with Crippen molar-refractivity contribution in [1.82, 2.24) is 9.71 Å². The molecule has 21 heavy (non-hydrogen) atoms. The van der Waals surface area contributed by atoms with Crippen LogP contribution < -0.4 is 10.0 Å². The Morgan fingerprint density at radius 3 is 2.52 bits per heavy atom. The number of anilines is 1. The van der Waals surface area contributed by atoms with Crippen molar-refractivity contribution in [2.24, 2.45) is 0 Å². The molecule has 0 saturated heterocycles. The molecule has 2 aromatic rings. The third-order valence-corrected chi connectivity index (χ3v) is 4.61. The van der Waals surface area contributed by atoms with Crippen LogP contribution >= 0.6 is 0 Å². The predicted molar refractivity (Wildman–Crippen MR) is 83.6 cm³/mol. The number of aromatic nitrogens is 1. The van der Waals surface area contributed by atoms with Crippen LogP contribution in [0.2, 0.25) is 0 Å². The third kappa shape index (κ3) is 3.80. The molecule has 0 aliphatic heterocycles. The van der Waals surface area contributed by atoms with Gasteiger partial charge in [-0.15, -0.1) is 0 Å². The van der Waals surface area contributed by atoms with E-state index < -0.39 is 16.1 Å². The Kier molecular flexibility index (Phi) is 4.93. The summed E-state index contributed by atoms with van der Waals surface area (Å²) in [5.41, 5.74) is 1.28. The van der Waals surface area contributed by atoms with Crippen LogP contribution in [0.3, 0.4) is 0 Å². The second-order valence-electron chi connectivity index (χ2n) is 4.62. The van der Waals surface area contributed by atoms with Crippen molar-refractivity contribution in [3.63, 3.8) is 0 Å². The molecule has 2 N–H and O–H groups in total. The van der Waals surface area contributed by atoms with E-state index in [0.29, 0.717) is 17.9 Å². The highest BCUT2D eigenvalue weighted by Crippen LogP contribution is 2.22. The number of sulfonamides is 1. The van der Waals surface area contributed by atoms with Gasteiger partial charge < -0.3 is 5.32 Å². The van der Waals surface area contributed by atoms with Gasteiger partial charge in [0.1, 0.15) is 4.90 Å². The minimum absolute atomic E-state index is 0.245. The average Bonchev–Trinajstić information content (AvgIpc) is 2.48. The second kappa shape index (κ2) is 6.69. The number of para-hydroxylation sites is 1. The maximum absolute atomic E-state index is 12.5. The Morgan fingerprint density at radius 2 is 1.86 bits per heavy atom. The second-order valence-corrected chi connectivity index (χ2v) is 6.31. The van der Waals surface area contributed by atoms with Gasteiger partial charge in [0, 0.05) is 12.7 Å². The van der Waals surface area contributed by atoms with Crippen molar-refractivity contribution in [3.05, 3.63) is 54.4 Å². The summed E-state index contributed by atoms with van der Waals surface area (Å²) in [4.78, 5) is 4.42. The van der Waals surface area contributed by atoms with Crippen LogP contribution in [0.25, 0.3) is 0 Å². The normalized spacial score (nSPS) is 12.9. The van der Waals surface area contributed by atoms with Gasteiger partial charge in [0.2, 0.25) is 10.0 Å². The van der Waals surface area contributed by atoms with Crippen LogP contribution in [0, 0.1) is 0 Å². The number of nitrogens with zero attached hydrogens (tertiary/aromatic N) is 1. The Labute approximate surface area is 125 Å². The first-order chi connectivity index (χ1) is 10.0. The third-order valence-electron chi connectivity index (χ3n) is 3.01. The van der Waals surface area contributed by atoms with Crippen molar-refractivity contribution in [2.75, 3.05) is 11.9 Å². The van der Waals surface area contributed by atoms with Gasteiger partial charge in [0.15, 0.2) is 0 Å². The smallest absolute Gasteiger partial charge is 0.243 e. The van der Waals surface area contributed by atoms with E-state index in [4.69, 9.17) is 0 Å². The predicted octanol–water partition coefficient (Wildman–Crippen LogP) is 2.55. The van der Waals surface area contributed by atoms with Gasteiger partial charge in [-0.1, -0.05) is 18.2 Å². The van der Waals surface area contributed by atoms with Crippen LogP contribution in [0.15, 0.2) is 53.6 Å². The van der Waals surface area contributed by atoms with Crippen LogP contribution in [0.4, 0.5) is 5.69 Å². The lowest BCUT2D eigenvalue weighted by Gasteiger charge is -2.16. The minimum Gasteiger partial charge on any atom is -0.384 e. The molecule has 1 heterocycles. The molecule has 0 amide bonds. The summed E-state index contributed by atoms with van der Waals surface area (Å²) >= 11 is 0. The van der Waals surface area contributed by atoms with Crippen LogP contribution in [-0.4, -0.2) is 19.9 Å². The van der Waals surface area contributed by atoms with Gasteiger partial charge >= 0.3 is 0 Å². The number of hydrogen-bond donors (Lipinski definition) is 2. The minimum atomic E-state index is -3.61. The van der Waals surface area contributed by atoms with Crippen molar-refractivity contribution in [3.8, 4) is 0 Å². The largest absolute Gasteiger partial charge is 0.384 e. The zero-order chi connectivity index (χ0) is 15.3. The number of rotatable bonds is 6. The number of benzene rings is 1. The SMILES string of the molecule is CCNc1ccccc1S(=O)(=O)NC(C)c1ccccn1. The van der Waals surface area contributed by atoms with E-state index in [-0.39, 0.29) is 4.90 Å². The van der Waals surface area contributed by atoms with E-state index in [1.54, 1.807) is 49.5 Å². The molecule has 0 bridgehead atoms. The lowest BCUT2D eigenvalue weighted by molar-refractivity contribution is 0.564. The van der Waals surface area contributed by atoms with Gasteiger partial charge in [0.25, 0.3) is 0 Å². The zero-order valence-corrected chi connectivity index (χ0v) is 12.9. The van der Waals surface area contributed by atoms with E-state index in [1.807, 2.05) is 13.0 Å². The number of nitrogens with one attached hydrogen (secondary N) is 2. The molecule has 0 aliphatic rings. The first-order valence-electron chi connectivity index (χ1n) is 6.80. The van der Waals surface area contributed by atoms with Crippen LogP contribution in [0.5, 0.6) is 0 Å². The summed E-state index contributed by atoms with van der Waals surface area (Å²) in [5, 5.41) is 3.06. The van der Waals surface area contributed by atoms with Crippen molar-refractivity contribution in [1.29, 1.82) is 0 Å². The lowest BCUT2D eigenvalue weighted by Crippen LogP contribution is -2.28. The highest BCUT2D eigenvalue weighted by atomic mass is 32.2. The van der Waals surface area contributed by atoms with Gasteiger partial charge in [-0.2, -0.15) is 0 Å². The highest BCUT2D eigenvalue weighted by molar-refractivity contribution is 7.89. The Morgan fingerprint density at radius 1 is 1.14 bits per heavy atom. The quantitative estimate of drug-likeness (QED) is 0.860. The number of pyridine rings is 1. The number of hydrogen-bond acceptors (Lipinski definition) is 4. The summed E-state index contributed by atoms with van der Waals surface area (Å²) in [6.07, 6.45) is 1.65. The molecule has 1 atom stereocenters. The molecule has 0 spiro atoms. The van der Waals surface area contributed by atoms with E-state index in [9.17, 15) is 8.42 Å². The molecule has 1 aromatic carbocycles. The van der Waals surface area contributed by atoms with Crippen molar-refractivity contribution < 1.29 is 8.42 Å². The summed E-state index contributed by atoms with van der Waals surface area (Å²) in [6, 6.07) is 11.9. The van der Waals surface area contributed by atoms with Crippen LogP contribution in [-0.2, 0) is 10.0 Å². The maximum atomic E-state index is 12.5. The summed E-state index contributed by atoms with van der Waals surface area (Å²) in [7, 11) is -3.61. The Bertz CT molecular complexity index is 687. The zero-order valence-electron chi connectivity index (χ0n) is 12.1. The molecular weight excluding hydrogens is 286 g/mol. The molecule has 0 radical (unpaired) electrons. The molecular formula is C15H19N3O2S. The average molecular weight is 305 g/mol. The van der Waals surface area contributed by atoms with E-state index >= 15 is 0 Å². The fourth-order valence-corrected chi connectivity index (χ4v) is 3.43. The molecule has 6 heteroatoms. The highest BCUT2D eigenvalue weighted by Gasteiger charge is 2.21. The fourth-order valence-electron chi connectivity index (χ4n) is 2.03. The van der Waals surface area contributed by atoms with Crippen LogP contribution in [0.1, 0.15) is 25.6 Å². The van der Waals surface area contributed by atoms with Crippen molar-refractivity contribution in [2.45, 2.75) is 24.8 Å². The standard InChI is InChI=1S/C15H19N3O2S/c1-3-16-14-9-4-5-10-15(14)21(19,20)18-12(2)13-8-6-7-11-17-13/h4-12,16,18H,3H2,1-2H3. The molecule has 0 fully saturated rings. The molecule has 0 saturated carbocycles. The molecule has 112 valence electrons. The van der Waals surface area contributed by atoms with Crippen molar-refractivity contribution >= 4 is 15.7 Å². The Hall–Kier alpha value is -1.92. The van der Waals surface area contributed by atoms with E-state index in [1.165, 1.54) is 0 Å². The van der Waals surface area contributed by atoms with Gasteiger partial charge in [-0.25, -0.2) is 13.1 Å². The fraction of sp³-hybridized carbons (Fsp3) is 0.267. The lowest BCUT2D eigenvalue weighted by atomic mass is 10.2. The molecule has 0 aliphatic carbocycles. The summed E-state index contributed by atoms with van der Waals surface area (Å²) < 4.78 is 27.7. The molecule has 1 aromatic heterocycles. The van der Waals surface area contributed by atoms with E-state index in [2.05, 4.69) is 15.0 Å². The molecule has 1 unspecified atom stereocenters. The maximum Gasteiger partial charge on any atom is 0.243 e. The van der Waals surface area contributed by atoms with Gasteiger partial charge in [-0.3, -0.25) is 4.98 Å². The van der Waals surface area contributed by atoms with Gasteiger partial charge in [0.05, 0.1) is 17.4 Å². The summed E-state index contributed by atoms with van der Waals surface area (Å²) in [5.74, 6) is 0. The van der Waals surface area contributed by atoms with Gasteiger partial charge in [-0.05, 0) is 38.1 Å². The Balaban J connectivity index is 2.27. The first kappa shape index (κ1) is 15.5.